The number of carboxylic acids is 1. The molecule has 0 rings (SSSR count). The largest absolute Gasteiger partial charge is 0.481 e. The Morgan fingerprint density at radius 1 is 0.692 bits per heavy atom. The van der Waals surface area contributed by atoms with Gasteiger partial charge in [0.1, 0.15) is 0 Å². The van der Waals surface area contributed by atoms with Crippen LogP contribution in [-0.4, -0.2) is 33.5 Å². The lowest BCUT2D eigenvalue weighted by Crippen LogP contribution is -2.31. The molecular formula is C22H44O4. The first-order valence-electron chi connectivity index (χ1n) is 11.1. The summed E-state index contributed by atoms with van der Waals surface area (Å²) in [6.07, 6.45) is 15.0. The van der Waals surface area contributed by atoms with Crippen molar-refractivity contribution in [2.45, 2.75) is 129 Å². The van der Waals surface area contributed by atoms with Gasteiger partial charge in [-0.1, -0.05) is 97.3 Å². The number of rotatable bonds is 19. The van der Waals surface area contributed by atoms with Gasteiger partial charge in [-0.15, -0.1) is 0 Å². The molecule has 0 saturated heterocycles. The molecule has 0 aromatic carbocycles. The summed E-state index contributed by atoms with van der Waals surface area (Å²) in [4.78, 5) is 11.4. The van der Waals surface area contributed by atoms with E-state index >= 15 is 0 Å². The predicted octanol–water partition coefficient (Wildman–Crippen LogP) is 5.69. The minimum Gasteiger partial charge on any atom is -0.481 e. The minimum absolute atomic E-state index is 0.182. The number of carboxylic acid groups (broad SMARTS) is 1. The fourth-order valence-electron chi connectivity index (χ4n) is 3.52. The molecule has 0 amide bonds. The van der Waals surface area contributed by atoms with Crippen molar-refractivity contribution in [3.63, 3.8) is 0 Å². The lowest BCUT2D eigenvalue weighted by molar-refractivity contribution is -0.146. The zero-order valence-electron chi connectivity index (χ0n) is 17.3. The Kier molecular flexibility index (Phi) is 17.4. The molecule has 0 aromatic rings. The molecule has 4 nitrogen and oxygen atoms in total. The van der Waals surface area contributed by atoms with E-state index in [0.717, 1.165) is 38.5 Å². The van der Waals surface area contributed by atoms with Crippen LogP contribution in [0.15, 0.2) is 0 Å². The van der Waals surface area contributed by atoms with Gasteiger partial charge in [-0.25, -0.2) is 0 Å². The second-order valence-electron chi connectivity index (χ2n) is 7.87. The van der Waals surface area contributed by atoms with Gasteiger partial charge in [-0.05, 0) is 12.8 Å². The Bertz CT molecular complexity index is 319. The third kappa shape index (κ3) is 14.5. The van der Waals surface area contributed by atoms with Crippen LogP contribution in [0.3, 0.4) is 0 Å². The van der Waals surface area contributed by atoms with Crippen molar-refractivity contribution in [3.8, 4) is 0 Å². The van der Waals surface area contributed by atoms with Crippen molar-refractivity contribution in [1.82, 2.24) is 0 Å². The van der Waals surface area contributed by atoms with E-state index in [1.54, 1.807) is 0 Å². The van der Waals surface area contributed by atoms with Crippen LogP contribution < -0.4 is 0 Å². The first-order valence-corrected chi connectivity index (χ1v) is 11.1. The van der Waals surface area contributed by atoms with Gasteiger partial charge in [-0.2, -0.15) is 0 Å². The summed E-state index contributed by atoms with van der Waals surface area (Å²) in [7, 11) is 0. The molecule has 0 heterocycles. The first kappa shape index (κ1) is 25.4. The van der Waals surface area contributed by atoms with Crippen molar-refractivity contribution in [2.75, 3.05) is 0 Å². The van der Waals surface area contributed by atoms with Gasteiger partial charge in [0.15, 0.2) is 0 Å². The maximum atomic E-state index is 11.4. The van der Waals surface area contributed by atoms with Crippen LogP contribution in [0.2, 0.25) is 0 Å². The van der Waals surface area contributed by atoms with Crippen molar-refractivity contribution in [1.29, 1.82) is 0 Å². The van der Waals surface area contributed by atoms with Crippen LogP contribution in [0.4, 0.5) is 0 Å². The van der Waals surface area contributed by atoms with E-state index in [9.17, 15) is 20.1 Å². The monoisotopic (exact) mass is 372 g/mol. The molecule has 156 valence electrons. The number of aliphatic hydroxyl groups is 2. The summed E-state index contributed by atoms with van der Waals surface area (Å²) < 4.78 is 0. The average molecular weight is 373 g/mol. The SMILES string of the molecule is CCCCCCCCCCC[C@@H](O)CC(O)C(CCCCCC)C(=O)O. The van der Waals surface area contributed by atoms with E-state index in [1.165, 1.54) is 44.9 Å². The lowest BCUT2D eigenvalue weighted by Gasteiger charge is -2.21. The summed E-state index contributed by atoms with van der Waals surface area (Å²) in [5.74, 6) is -1.69. The molecule has 0 radical (unpaired) electrons. The average Bonchev–Trinajstić information content (AvgIpc) is 2.59. The van der Waals surface area contributed by atoms with Crippen molar-refractivity contribution >= 4 is 5.97 Å². The summed E-state index contributed by atoms with van der Waals surface area (Å²) >= 11 is 0. The number of hydrogen-bond donors (Lipinski definition) is 3. The summed E-state index contributed by atoms with van der Waals surface area (Å²) in [6, 6.07) is 0. The van der Waals surface area contributed by atoms with Gasteiger partial charge in [0.2, 0.25) is 0 Å². The highest BCUT2D eigenvalue weighted by molar-refractivity contribution is 5.70. The second kappa shape index (κ2) is 17.8. The highest BCUT2D eigenvalue weighted by atomic mass is 16.4. The fourth-order valence-corrected chi connectivity index (χ4v) is 3.52. The first-order chi connectivity index (χ1) is 12.5. The van der Waals surface area contributed by atoms with Crippen LogP contribution >= 0.6 is 0 Å². The predicted molar refractivity (Wildman–Crippen MR) is 108 cm³/mol. The highest BCUT2D eigenvalue weighted by Crippen LogP contribution is 2.20. The van der Waals surface area contributed by atoms with E-state index in [4.69, 9.17) is 0 Å². The Hall–Kier alpha value is -0.610. The van der Waals surface area contributed by atoms with Crippen LogP contribution in [-0.2, 0) is 4.79 Å². The van der Waals surface area contributed by atoms with Gasteiger partial charge < -0.3 is 15.3 Å². The molecule has 0 fully saturated rings. The number of aliphatic carboxylic acids is 1. The number of aliphatic hydroxyl groups excluding tert-OH is 2. The molecule has 0 aliphatic rings. The van der Waals surface area contributed by atoms with E-state index in [0.29, 0.717) is 12.8 Å². The van der Waals surface area contributed by atoms with Crippen molar-refractivity contribution in [2.24, 2.45) is 5.92 Å². The Morgan fingerprint density at radius 3 is 1.62 bits per heavy atom. The molecule has 3 atom stereocenters. The zero-order chi connectivity index (χ0) is 19.6. The summed E-state index contributed by atoms with van der Waals surface area (Å²) in [5.41, 5.74) is 0. The molecular weight excluding hydrogens is 328 g/mol. The molecule has 0 saturated carbocycles. The molecule has 26 heavy (non-hydrogen) atoms. The summed E-state index contributed by atoms with van der Waals surface area (Å²) in [6.45, 7) is 4.35. The third-order valence-corrected chi connectivity index (χ3v) is 5.30. The van der Waals surface area contributed by atoms with Gasteiger partial charge in [0.25, 0.3) is 0 Å². The van der Waals surface area contributed by atoms with Gasteiger partial charge in [0, 0.05) is 6.42 Å². The molecule has 2 unspecified atom stereocenters. The van der Waals surface area contributed by atoms with Crippen molar-refractivity contribution in [3.05, 3.63) is 0 Å². The van der Waals surface area contributed by atoms with E-state index in [2.05, 4.69) is 13.8 Å². The quantitative estimate of drug-likeness (QED) is 0.254. The number of unbranched alkanes of at least 4 members (excludes halogenated alkanes) is 11. The molecule has 0 bridgehead atoms. The maximum Gasteiger partial charge on any atom is 0.309 e. The maximum absolute atomic E-state index is 11.4. The molecule has 0 spiro atoms. The van der Waals surface area contributed by atoms with Crippen LogP contribution in [0.5, 0.6) is 0 Å². The normalized spacial score (nSPS) is 14.9. The van der Waals surface area contributed by atoms with Gasteiger partial charge in [-0.3, -0.25) is 4.79 Å². The Labute approximate surface area is 161 Å². The number of hydrogen-bond acceptors (Lipinski definition) is 3. The van der Waals surface area contributed by atoms with Crippen molar-refractivity contribution < 1.29 is 20.1 Å². The zero-order valence-corrected chi connectivity index (χ0v) is 17.3. The van der Waals surface area contributed by atoms with Crippen LogP contribution in [0, 0.1) is 5.92 Å². The van der Waals surface area contributed by atoms with E-state index in [-0.39, 0.29) is 6.42 Å². The minimum atomic E-state index is -0.942. The lowest BCUT2D eigenvalue weighted by atomic mass is 9.90. The van der Waals surface area contributed by atoms with Crippen LogP contribution in [0.1, 0.15) is 117 Å². The van der Waals surface area contributed by atoms with Gasteiger partial charge in [0.05, 0.1) is 18.1 Å². The Morgan fingerprint density at radius 2 is 1.12 bits per heavy atom. The van der Waals surface area contributed by atoms with E-state index in [1.807, 2.05) is 0 Å². The fraction of sp³-hybridized carbons (Fsp3) is 0.955. The Balaban J connectivity index is 3.80. The summed E-state index contributed by atoms with van der Waals surface area (Å²) in [5, 5.41) is 29.6. The smallest absolute Gasteiger partial charge is 0.309 e. The highest BCUT2D eigenvalue weighted by Gasteiger charge is 2.27. The molecule has 4 heteroatoms. The topological polar surface area (TPSA) is 77.8 Å². The number of carbonyl (C=O) groups is 1. The van der Waals surface area contributed by atoms with Crippen LogP contribution in [0.25, 0.3) is 0 Å². The molecule has 0 aliphatic heterocycles. The standard InChI is InChI=1S/C22H44O4/c1-3-5-7-9-10-11-12-13-14-16-19(23)18-21(24)20(22(25)26)17-15-8-6-4-2/h19-21,23-24H,3-18H2,1-2H3,(H,25,26)/t19-,20?,21?/m1/s1. The molecule has 0 aromatic heterocycles. The molecule has 3 N–H and O–H groups in total. The van der Waals surface area contributed by atoms with Gasteiger partial charge >= 0.3 is 5.97 Å². The second-order valence-corrected chi connectivity index (χ2v) is 7.87. The molecule has 0 aliphatic carbocycles. The third-order valence-electron chi connectivity index (χ3n) is 5.30. The van der Waals surface area contributed by atoms with E-state index < -0.39 is 24.1 Å².